The number of aromatic nitrogens is 2. The Bertz CT molecular complexity index is 1010. The number of thiophene rings is 1. The van der Waals surface area contributed by atoms with Crippen LogP contribution in [-0.2, 0) is 11.3 Å². The van der Waals surface area contributed by atoms with E-state index < -0.39 is 0 Å². The minimum atomic E-state index is 0.0167. The molecule has 0 radical (unpaired) electrons. The maximum absolute atomic E-state index is 12.6. The van der Waals surface area contributed by atoms with Gasteiger partial charge in [-0.1, -0.05) is 31.1 Å². The summed E-state index contributed by atoms with van der Waals surface area (Å²) in [6.07, 6.45) is 0. The van der Waals surface area contributed by atoms with Gasteiger partial charge >= 0.3 is 0 Å². The zero-order chi connectivity index (χ0) is 21.8. The predicted octanol–water partition coefficient (Wildman–Crippen LogP) is 3.95. The van der Waals surface area contributed by atoms with Crippen LogP contribution < -0.4 is 4.74 Å². The highest BCUT2D eigenvalue weighted by molar-refractivity contribution is 7.13. The van der Waals surface area contributed by atoms with Crippen LogP contribution in [0.1, 0.15) is 36.8 Å². The van der Waals surface area contributed by atoms with Crippen molar-refractivity contribution in [1.29, 1.82) is 0 Å². The predicted molar refractivity (Wildman–Crippen MR) is 120 cm³/mol. The first-order valence-electron chi connectivity index (χ1n) is 10.6. The fraction of sp³-hybridized carbons (Fsp3) is 0.435. The van der Waals surface area contributed by atoms with Crippen LogP contribution in [-0.4, -0.2) is 58.6 Å². The fourth-order valence-electron chi connectivity index (χ4n) is 3.79. The minimum Gasteiger partial charge on any atom is -0.484 e. The molecule has 1 amide bonds. The summed E-state index contributed by atoms with van der Waals surface area (Å²) in [7, 11) is 0. The molecule has 8 heteroatoms. The SMILES string of the molecule is Cc1cc(OCC(=O)N2CCN(Cc3nc(-c4cccs4)no3)CC2)ccc1C(C)C. The average molecular weight is 441 g/mol. The number of carbonyl (C=O) groups is 1. The molecule has 0 atom stereocenters. The number of nitrogens with zero attached hydrogens (tertiary/aromatic N) is 4. The molecule has 1 aliphatic rings. The van der Waals surface area contributed by atoms with Crippen LogP contribution in [0.15, 0.2) is 40.2 Å². The van der Waals surface area contributed by atoms with Gasteiger partial charge in [-0.25, -0.2) is 0 Å². The number of rotatable bonds is 7. The quantitative estimate of drug-likeness (QED) is 0.554. The van der Waals surface area contributed by atoms with Gasteiger partial charge in [0.25, 0.3) is 5.91 Å². The highest BCUT2D eigenvalue weighted by atomic mass is 32.1. The van der Waals surface area contributed by atoms with Crippen molar-refractivity contribution in [2.24, 2.45) is 0 Å². The van der Waals surface area contributed by atoms with E-state index in [-0.39, 0.29) is 12.5 Å². The van der Waals surface area contributed by atoms with E-state index >= 15 is 0 Å². The van der Waals surface area contributed by atoms with Gasteiger partial charge in [0.1, 0.15) is 5.75 Å². The van der Waals surface area contributed by atoms with Crippen LogP contribution in [0.25, 0.3) is 10.7 Å². The van der Waals surface area contributed by atoms with E-state index in [1.807, 2.05) is 34.5 Å². The van der Waals surface area contributed by atoms with Gasteiger partial charge in [-0.2, -0.15) is 4.98 Å². The van der Waals surface area contributed by atoms with Gasteiger partial charge < -0.3 is 14.2 Å². The molecule has 31 heavy (non-hydrogen) atoms. The van der Waals surface area contributed by atoms with Crippen molar-refractivity contribution in [2.45, 2.75) is 33.2 Å². The van der Waals surface area contributed by atoms with E-state index in [0.29, 0.717) is 37.3 Å². The Kier molecular flexibility index (Phi) is 6.67. The molecule has 0 saturated carbocycles. The van der Waals surface area contributed by atoms with Crippen LogP contribution in [0.3, 0.4) is 0 Å². The molecule has 1 aromatic carbocycles. The van der Waals surface area contributed by atoms with Crippen molar-refractivity contribution in [3.8, 4) is 16.5 Å². The van der Waals surface area contributed by atoms with Gasteiger partial charge in [-0.15, -0.1) is 11.3 Å². The standard InChI is InChI=1S/C23H28N4O3S/c1-16(2)19-7-6-18(13-17(19)3)29-15-22(28)27-10-8-26(9-11-27)14-21-24-23(25-30-21)20-5-4-12-31-20/h4-7,12-13,16H,8-11,14-15H2,1-3H3. The average Bonchev–Trinajstić information content (AvgIpc) is 3.44. The Morgan fingerprint density at radius 3 is 2.71 bits per heavy atom. The van der Waals surface area contributed by atoms with Crippen molar-refractivity contribution in [3.63, 3.8) is 0 Å². The molecule has 4 rings (SSSR count). The van der Waals surface area contributed by atoms with E-state index in [4.69, 9.17) is 9.26 Å². The first-order valence-corrected chi connectivity index (χ1v) is 11.5. The highest BCUT2D eigenvalue weighted by Crippen LogP contribution is 2.24. The molecule has 0 N–H and O–H groups in total. The van der Waals surface area contributed by atoms with Crippen molar-refractivity contribution in [2.75, 3.05) is 32.8 Å². The molecule has 1 saturated heterocycles. The summed E-state index contributed by atoms with van der Waals surface area (Å²) in [4.78, 5) is 22.1. The third kappa shape index (κ3) is 5.32. The number of aryl methyl sites for hydroxylation is 1. The van der Waals surface area contributed by atoms with E-state index in [0.717, 1.165) is 23.7 Å². The summed E-state index contributed by atoms with van der Waals surface area (Å²) in [6, 6.07) is 9.99. The maximum Gasteiger partial charge on any atom is 0.260 e. The van der Waals surface area contributed by atoms with Crippen molar-refractivity contribution in [1.82, 2.24) is 19.9 Å². The Balaban J connectivity index is 1.23. The van der Waals surface area contributed by atoms with Crippen LogP contribution >= 0.6 is 11.3 Å². The van der Waals surface area contributed by atoms with Crippen LogP contribution in [0, 0.1) is 6.92 Å². The number of piperazine rings is 1. The Morgan fingerprint density at radius 2 is 2.03 bits per heavy atom. The largest absolute Gasteiger partial charge is 0.484 e. The third-order valence-corrected chi connectivity index (χ3v) is 6.38. The molecule has 3 heterocycles. The number of benzene rings is 1. The third-order valence-electron chi connectivity index (χ3n) is 5.52. The van der Waals surface area contributed by atoms with E-state index in [2.05, 4.69) is 41.9 Å². The molecule has 0 aliphatic carbocycles. The maximum atomic E-state index is 12.6. The summed E-state index contributed by atoms with van der Waals surface area (Å²) in [5, 5.41) is 6.05. The van der Waals surface area contributed by atoms with Crippen LogP contribution in [0.4, 0.5) is 0 Å². The first-order chi connectivity index (χ1) is 15.0. The van der Waals surface area contributed by atoms with E-state index in [1.165, 1.54) is 11.1 Å². The van der Waals surface area contributed by atoms with Crippen LogP contribution in [0.5, 0.6) is 5.75 Å². The lowest BCUT2D eigenvalue weighted by Gasteiger charge is -2.33. The van der Waals surface area contributed by atoms with Gasteiger partial charge in [-0.05, 0) is 47.5 Å². The molecule has 2 aromatic heterocycles. The second-order valence-corrected chi connectivity index (χ2v) is 9.06. The van der Waals surface area contributed by atoms with Crippen molar-refractivity contribution < 1.29 is 14.1 Å². The Morgan fingerprint density at radius 1 is 1.23 bits per heavy atom. The smallest absolute Gasteiger partial charge is 0.260 e. The molecular weight excluding hydrogens is 412 g/mol. The van der Waals surface area contributed by atoms with Crippen molar-refractivity contribution in [3.05, 3.63) is 52.7 Å². The molecule has 1 fully saturated rings. The number of carbonyl (C=O) groups excluding carboxylic acids is 1. The summed E-state index contributed by atoms with van der Waals surface area (Å²) in [5.41, 5.74) is 2.50. The second kappa shape index (κ2) is 9.62. The first kappa shape index (κ1) is 21.5. The number of hydrogen-bond donors (Lipinski definition) is 0. The molecule has 164 valence electrons. The number of amides is 1. The lowest BCUT2D eigenvalue weighted by atomic mass is 9.98. The molecule has 7 nitrogen and oxygen atoms in total. The molecule has 0 unspecified atom stereocenters. The molecular formula is C23H28N4O3S. The van der Waals surface area contributed by atoms with Gasteiger partial charge in [-0.3, -0.25) is 9.69 Å². The summed E-state index contributed by atoms with van der Waals surface area (Å²) in [6.45, 7) is 9.96. The Hall–Kier alpha value is -2.71. The van der Waals surface area contributed by atoms with Crippen LogP contribution in [0.2, 0.25) is 0 Å². The van der Waals surface area contributed by atoms with E-state index in [1.54, 1.807) is 11.3 Å². The minimum absolute atomic E-state index is 0.0167. The van der Waals surface area contributed by atoms with Gasteiger partial charge in [0.2, 0.25) is 11.7 Å². The summed E-state index contributed by atoms with van der Waals surface area (Å²) >= 11 is 1.59. The molecule has 1 aliphatic heterocycles. The van der Waals surface area contributed by atoms with Crippen molar-refractivity contribution >= 4 is 17.2 Å². The van der Waals surface area contributed by atoms with Gasteiger partial charge in [0, 0.05) is 26.2 Å². The topological polar surface area (TPSA) is 71.7 Å². The monoisotopic (exact) mass is 440 g/mol. The lowest BCUT2D eigenvalue weighted by molar-refractivity contribution is -0.135. The zero-order valence-corrected chi connectivity index (χ0v) is 19.0. The number of hydrogen-bond acceptors (Lipinski definition) is 7. The lowest BCUT2D eigenvalue weighted by Crippen LogP contribution is -2.49. The molecule has 3 aromatic rings. The summed E-state index contributed by atoms with van der Waals surface area (Å²) in [5.74, 6) is 2.47. The second-order valence-electron chi connectivity index (χ2n) is 8.11. The summed E-state index contributed by atoms with van der Waals surface area (Å²) < 4.78 is 11.1. The normalized spacial score (nSPS) is 14.9. The number of ether oxygens (including phenoxy) is 1. The zero-order valence-electron chi connectivity index (χ0n) is 18.2. The molecule has 0 spiro atoms. The van der Waals surface area contributed by atoms with Gasteiger partial charge in [0.15, 0.2) is 6.61 Å². The van der Waals surface area contributed by atoms with E-state index in [9.17, 15) is 4.79 Å². The molecule has 0 bridgehead atoms. The Labute approximate surface area is 186 Å². The fourth-order valence-corrected chi connectivity index (χ4v) is 4.44. The highest BCUT2D eigenvalue weighted by Gasteiger charge is 2.23. The van der Waals surface area contributed by atoms with Gasteiger partial charge in [0.05, 0.1) is 11.4 Å².